The van der Waals surface area contributed by atoms with Crippen LogP contribution in [0.15, 0.2) is 52.8 Å². The van der Waals surface area contributed by atoms with E-state index in [2.05, 4.69) is 34.6 Å². The molecule has 1 aromatic heterocycles. The zero-order valence-electron chi connectivity index (χ0n) is 15.3. The number of amides is 1. The topological polar surface area (TPSA) is 66.0 Å². The predicted octanol–water partition coefficient (Wildman–Crippen LogP) is 2.15. The van der Waals surface area contributed by atoms with E-state index in [0.717, 1.165) is 23.5 Å². The van der Waals surface area contributed by atoms with Crippen molar-refractivity contribution in [2.75, 3.05) is 19.6 Å². The van der Waals surface area contributed by atoms with Gasteiger partial charge in [-0.15, -0.1) is 11.3 Å². The molecule has 0 bridgehead atoms. The molecule has 0 spiro atoms. The molecule has 1 fully saturated rings. The number of nitrogens with one attached hydrogen (secondary N) is 2. The zero-order valence-corrected chi connectivity index (χ0v) is 16.1. The predicted molar refractivity (Wildman–Crippen MR) is 107 cm³/mol. The first kappa shape index (κ1) is 18.0. The van der Waals surface area contributed by atoms with E-state index in [1.807, 2.05) is 35.7 Å². The summed E-state index contributed by atoms with van der Waals surface area (Å²) in [5, 5.41) is 8.32. The van der Waals surface area contributed by atoms with Crippen LogP contribution in [-0.4, -0.2) is 48.5 Å². The molecular weight excluding hydrogens is 360 g/mol. The van der Waals surface area contributed by atoms with Crippen LogP contribution in [0.5, 0.6) is 0 Å². The van der Waals surface area contributed by atoms with Crippen molar-refractivity contribution in [1.82, 2.24) is 15.5 Å². The number of nitrogens with zero attached hydrogens (tertiary/aromatic N) is 2. The first-order valence-corrected chi connectivity index (χ1v) is 10.2. The molecule has 6 nitrogen and oxygen atoms in total. The Morgan fingerprint density at radius 3 is 2.96 bits per heavy atom. The largest absolute Gasteiger partial charge is 0.455 e. The van der Waals surface area contributed by atoms with Gasteiger partial charge in [-0.2, -0.15) is 0 Å². The van der Waals surface area contributed by atoms with Crippen LogP contribution in [0.3, 0.4) is 0 Å². The number of benzene rings is 1. The fourth-order valence-electron chi connectivity index (χ4n) is 3.44. The molecule has 142 valence electrons. The summed E-state index contributed by atoms with van der Waals surface area (Å²) in [5.41, 5.74) is 1.13. The Morgan fingerprint density at radius 2 is 2.19 bits per heavy atom. The SMILES string of the molecule is C[C@@H]1N=C(N2CCNC(C(=O)NCc3cccs3)C2)O[C@H]1c1ccccc1. The molecule has 2 N–H and O–H groups in total. The van der Waals surface area contributed by atoms with Crippen molar-refractivity contribution in [2.24, 2.45) is 4.99 Å². The molecule has 1 saturated heterocycles. The Balaban J connectivity index is 1.35. The van der Waals surface area contributed by atoms with Gasteiger partial charge in [0.05, 0.1) is 12.6 Å². The van der Waals surface area contributed by atoms with Crippen molar-refractivity contribution in [3.63, 3.8) is 0 Å². The van der Waals surface area contributed by atoms with Gasteiger partial charge in [0, 0.05) is 24.5 Å². The number of hydrogen-bond donors (Lipinski definition) is 2. The minimum atomic E-state index is -0.268. The molecule has 3 atom stereocenters. The summed E-state index contributed by atoms with van der Waals surface area (Å²) in [7, 11) is 0. The molecule has 0 saturated carbocycles. The third-order valence-electron chi connectivity index (χ3n) is 4.89. The lowest BCUT2D eigenvalue weighted by Gasteiger charge is -2.33. The highest BCUT2D eigenvalue weighted by Crippen LogP contribution is 2.29. The maximum absolute atomic E-state index is 12.5. The minimum absolute atomic E-state index is 0.0133. The number of thiophene rings is 1. The van der Waals surface area contributed by atoms with E-state index in [9.17, 15) is 4.79 Å². The number of rotatable bonds is 4. The number of aliphatic imine (C=N–C) groups is 1. The van der Waals surface area contributed by atoms with E-state index in [4.69, 9.17) is 9.73 Å². The van der Waals surface area contributed by atoms with Crippen LogP contribution in [0.25, 0.3) is 0 Å². The van der Waals surface area contributed by atoms with Crippen LogP contribution in [0.2, 0.25) is 0 Å². The lowest BCUT2D eigenvalue weighted by atomic mass is 10.0. The molecular formula is C20H24N4O2S. The molecule has 1 amide bonds. The van der Waals surface area contributed by atoms with E-state index in [1.54, 1.807) is 11.3 Å². The van der Waals surface area contributed by atoms with Gasteiger partial charge >= 0.3 is 0 Å². The van der Waals surface area contributed by atoms with Crippen LogP contribution in [-0.2, 0) is 16.1 Å². The number of carbonyl (C=O) groups is 1. The highest BCUT2D eigenvalue weighted by Gasteiger charge is 2.35. The third kappa shape index (κ3) is 4.14. The Kier molecular flexibility index (Phi) is 5.40. The van der Waals surface area contributed by atoms with Crippen LogP contribution in [0.4, 0.5) is 0 Å². The molecule has 2 aromatic rings. The van der Waals surface area contributed by atoms with Gasteiger partial charge in [-0.3, -0.25) is 4.79 Å². The number of ether oxygens (including phenoxy) is 1. The van der Waals surface area contributed by atoms with Gasteiger partial charge in [0.2, 0.25) is 5.91 Å². The van der Waals surface area contributed by atoms with Gasteiger partial charge in [-0.1, -0.05) is 36.4 Å². The maximum atomic E-state index is 12.5. The molecule has 1 unspecified atom stereocenters. The van der Waals surface area contributed by atoms with Crippen molar-refractivity contribution >= 4 is 23.3 Å². The van der Waals surface area contributed by atoms with E-state index in [-0.39, 0.29) is 24.1 Å². The lowest BCUT2D eigenvalue weighted by Crippen LogP contribution is -2.58. The molecule has 3 heterocycles. The summed E-state index contributed by atoms with van der Waals surface area (Å²) in [6, 6.07) is 14.6. The van der Waals surface area contributed by atoms with Crippen LogP contribution >= 0.6 is 11.3 Å². The quantitative estimate of drug-likeness (QED) is 0.848. The summed E-state index contributed by atoms with van der Waals surface area (Å²) in [5.74, 6) is 0.0133. The van der Waals surface area contributed by atoms with Crippen LogP contribution in [0.1, 0.15) is 23.5 Å². The van der Waals surface area contributed by atoms with Crippen molar-refractivity contribution < 1.29 is 9.53 Å². The van der Waals surface area contributed by atoms with Crippen molar-refractivity contribution in [2.45, 2.75) is 31.7 Å². The van der Waals surface area contributed by atoms with E-state index >= 15 is 0 Å². The molecule has 27 heavy (non-hydrogen) atoms. The van der Waals surface area contributed by atoms with Crippen LogP contribution < -0.4 is 10.6 Å². The van der Waals surface area contributed by atoms with Crippen molar-refractivity contribution in [3.8, 4) is 0 Å². The van der Waals surface area contributed by atoms with Crippen molar-refractivity contribution in [1.29, 1.82) is 0 Å². The zero-order chi connectivity index (χ0) is 18.6. The van der Waals surface area contributed by atoms with Gasteiger partial charge in [-0.05, 0) is 23.9 Å². The minimum Gasteiger partial charge on any atom is -0.455 e. The average Bonchev–Trinajstić information content (AvgIpc) is 3.36. The maximum Gasteiger partial charge on any atom is 0.288 e. The first-order chi connectivity index (χ1) is 13.2. The number of amidine groups is 1. The van der Waals surface area contributed by atoms with Gasteiger partial charge in [0.25, 0.3) is 6.02 Å². The molecule has 1 aromatic carbocycles. The van der Waals surface area contributed by atoms with Gasteiger partial charge < -0.3 is 20.3 Å². The highest BCUT2D eigenvalue weighted by molar-refractivity contribution is 7.09. The molecule has 2 aliphatic heterocycles. The number of piperazine rings is 1. The Hall–Kier alpha value is -2.38. The molecule has 2 aliphatic rings. The van der Waals surface area contributed by atoms with Gasteiger partial charge in [0.15, 0.2) is 0 Å². The van der Waals surface area contributed by atoms with Gasteiger partial charge in [-0.25, -0.2) is 4.99 Å². The summed E-state index contributed by atoms with van der Waals surface area (Å²) < 4.78 is 6.16. The molecule has 0 aliphatic carbocycles. The first-order valence-electron chi connectivity index (χ1n) is 9.28. The summed E-state index contributed by atoms with van der Waals surface area (Å²) in [6.07, 6.45) is -0.0674. The normalized spacial score (nSPS) is 25.0. The second kappa shape index (κ2) is 8.10. The van der Waals surface area contributed by atoms with E-state index in [1.165, 1.54) is 0 Å². The smallest absolute Gasteiger partial charge is 0.288 e. The Bertz CT molecular complexity index is 794. The van der Waals surface area contributed by atoms with Crippen molar-refractivity contribution in [3.05, 3.63) is 58.3 Å². The summed E-state index contributed by atoms with van der Waals surface area (Å²) in [6.45, 7) is 4.70. The van der Waals surface area contributed by atoms with Gasteiger partial charge in [0.1, 0.15) is 12.1 Å². The summed E-state index contributed by atoms with van der Waals surface area (Å²) in [4.78, 5) is 20.5. The second-order valence-electron chi connectivity index (χ2n) is 6.85. The molecule has 4 rings (SSSR count). The van der Waals surface area contributed by atoms with Crippen LogP contribution in [0, 0.1) is 0 Å². The highest BCUT2D eigenvalue weighted by atomic mass is 32.1. The standard InChI is InChI=1S/C20H24N4O2S/c1-14-18(15-6-3-2-4-7-15)26-20(23-14)24-10-9-21-17(13-24)19(25)22-12-16-8-5-11-27-16/h2-8,11,14,17-18,21H,9-10,12-13H2,1H3,(H,22,25)/t14-,17?,18+/m0/s1. The second-order valence-corrected chi connectivity index (χ2v) is 7.88. The lowest BCUT2D eigenvalue weighted by molar-refractivity contribution is -0.124. The third-order valence-corrected chi connectivity index (χ3v) is 5.77. The van der Waals surface area contributed by atoms with E-state index < -0.39 is 0 Å². The number of hydrogen-bond acceptors (Lipinski definition) is 6. The Morgan fingerprint density at radius 1 is 1.33 bits per heavy atom. The fraction of sp³-hybridized carbons (Fsp3) is 0.400. The van der Waals surface area contributed by atoms with E-state index in [0.29, 0.717) is 19.1 Å². The molecule has 0 radical (unpaired) electrons. The monoisotopic (exact) mass is 384 g/mol. The average molecular weight is 385 g/mol. The molecule has 7 heteroatoms. The summed E-state index contributed by atoms with van der Waals surface area (Å²) >= 11 is 1.65. The Labute approximate surface area is 163 Å². The fourth-order valence-corrected chi connectivity index (χ4v) is 4.08. The number of carbonyl (C=O) groups excluding carboxylic acids is 1.